The molecule has 1 aromatic carbocycles. The zero-order valence-corrected chi connectivity index (χ0v) is 18.5. The summed E-state index contributed by atoms with van der Waals surface area (Å²) in [6.07, 6.45) is 4.37. The van der Waals surface area contributed by atoms with E-state index in [4.69, 9.17) is 4.98 Å². The molecule has 1 aliphatic heterocycles. The second kappa shape index (κ2) is 9.02. The Morgan fingerprint density at radius 1 is 0.969 bits per heavy atom. The standard InChI is InChI=1S/C24H28N8/c1-31(2)23-6-8-27-24(30-23)18-3-4-20-21(14-18)29-22(28-20)15-19-13-17(5-7-26-19)16-32-11-9-25-10-12-32/h3-8,13-14,25H,9-12,15-16H2,1-2H3,(H,28,29). The molecule has 1 saturated heterocycles. The molecule has 0 aliphatic carbocycles. The predicted molar refractivity (Wildman–Crippen MR) is 127 cm³/mol. The van der Waals surface area contributed by atoms with Crippen molar-refractivity contribution in [3.63, 3.8) is 0 Å². The van der Waals surface area contributed by atoms with Crippen LogP contribution in [0, 0.1) is 0 Å². The largest absolute Gasteiger partial charge is 0.363 e. The van der Waals surface area contributed by atoms with Gasteiger partial charge in [-0.2, -0.15) is 0 Å². The van der Waals surface area contributed by atoms with Gasteiger partial charge in [-0.25, -0.2) is 15.0 Å². The molecule has 1 fully saturated rings. The molecule has 0 spiro atoms. The third-order valence-corrected chi connectivity index (χ3v) is 5.73. The van der Waals surface area contributed by atoms with Gasteiger partial charge in [0.15, 0.2) is 5.82 Å². The monoisotopic (exact) mass is 428 g/mol. The van der Waals surface area contributed by atoms with Crippen LogP contribution in [0.2, 0.25) is 0 Å². The molecule has 2 N–H and O–H groups in total. The van der Waals surface area contributed by atoms with Gasteiger partial charge in [0.1, 0.15) is 11.6 Å². The summed E-state index contributed by atoms with van der Waals surface area (Å²) in [7, 11) is 3.95. The average Bonchev–Trinajstić information content (AvgIpc) is 3.21. The molecule has 0 amide bonds. The fraction of sp³-hybridized carbons (Fsp3) is 0.333. The molecule has 8 heteroatoms. The highest BCUT2D eigenvalue weighted by Gasteiger charge is 2.12. The molecule has 32 heavy (non-hydrogen) atoms. The molecule has 0 radical (unpaired) electrons. The van der Waals surface area contributed by atoms with Crippen molar-refractivity contribution in [2.75, 3.05) is 45.2 Å². The summed E-state index contributed by atoms with van der Waals surface area (Å²) in [6.45, 7) is 5.26. The second-order valence-corrected chi connectivity index (χ2v) is 8.41. The van der Waals surface area contributed by atoms with Crippen LogP contribution in [0.4, 0.5) is 5.82 Å². The van der Waals surface area contributed by atoms with Gasteiger partial charge in [0.25, 0.3) is 0 Å². The first-order chi connectivity index (χ1) is 15.6. The van der Waals surface area contributed by atoms with Crippen molar-refractivity contribution in [1.29, 1.82) is 0 Å². The normalized spacial score (nSPS) is 14.7. The van der Waals surface area contributed by atoms with E-state index >= 15 is 0 Å². The minimum absolute atomic E-state index is 0.673. The van der Waals surface area contributed by atoms with Crippen LogP contribution >= 0.6 is 0 Å². The number of fused-ring (bicyclic) bond motifs is 1. The number of piperazine rings is 1. The summed E-state index contributed by atoms with van der Waals surface area (Å²) in [5.41, 5.74) is 5.21. The summed E-state index contributed by atoms with van der Waals surface area (Å²) in [5, 5.41) is 3.40. The van der Waals surface area contributed by atoms with Gasteiger partial charge in [-0.3, -0.25) is 9.88 Å². The summed E-state index contributed by atoms with van der Waals surface area (Å²) < 4.78 is 0. The Hall–Kier alpha value is -3.36. The van der Waals surface area contributed by atoms with Crippen LogP contribution in [-0.4, -0.2) is 70.1 Å². The molecule has 0 unspecified atom stereocenters. The molecular formula is C24H28N8. The fourth-order valence-corrected chi connectivity index (χ4v) is 4.04. The second-order valence-electron chi connectivity index (χ2n) is 8.41. The van der Waals surface area contributed by atoms with Gasteiger partial charge in [0.05, 0.1) is 11.0 Å². The van der Waals surface area contributed by atoms with E-state index in [1.165, 1.54) is 5.56 Å². The summed E-state index contributed by atoms with van der Waals surface area (Å²) in [5.74, 6) is 2.50. The minimum Gasteiger partial charge on any atom is -0.363 e. The first kappa shape index (κ1) is 20.5. The molecule has 0 atom stereocenters. The number of anilines is 1. The molecule has 4 heterocycles. The van der Waals surface area contributed by atoms with E-state index in [0.717, 1.165) is 66.7 Å². The Balaban J connectivity index is 1.34. The molecule has 0 bridgehead atoms. The lowest BCUT2D eigenvalue weighted by molar-refractivity contribution is 0.233. The van der Waals surface area contributed by atoms with Crippen LogP contribution in [0.5, 0.6) is 0 Å². The van der Waals surface area contributed by atoms with Crippen molar-refractivity contribution in [3.05, 3.63) is 65.9 Å². The fourth-order valence-electron chi connectivity index (χ4n) is 4.04. The van der Waals surface area contributed by atoms with Crippen molar-refractivity contribution in [1.82, 2.24) is 35.1 Å². The van der Waals surface area contributed by atoms with Crippen molar-refractivity contribution in [3.8, 4) is 11.4 Å². The molecule has 0 saturated carbocycles. The minimum atomic E-state index is 0.673. The van der Waals surface area contributed by atoms with Gasteiger partial charge >= 0.3 is 0 Å². The smallest absolute Gasteiger partial charge is 0.161 e. The van der Waals surface area contributed by atoms with Crippen LogP contribution in [0.1, 0.15) is 17.1 Å². The molecule has 8 nitrogen and oxygen atoms in total. The zero-order valence-electron chi connectivity index (χ0n) is 18.5. The molecule has 4 aromatic rings. The van der Waals surface area contributed by atoms with Crippen LogP contribution in [-0.2, 0) is 13.0 Å². The lowest BCUT2D eigenvalue weighted by Crippen LogP contribution is -2.42. The quantitative estimate of drug-likeness (QED) is 0.488. The van der Waals surface area contributed by atoms with Crippen LogP contribution in [0.3, 0.4) is 0 Å². The Kier molecular flexibility index (Phi) is 5.79. The topological polar surface area (TPSA) is 85.9 Å². The number of aromatic nitrogens is 5. The SMILES string of the molecule is CN(C)c1ccnc(-c2ccc3nc(Cc4cc(CN5CCNCC5)ccn4)[nH]c3c2)n1. The number of hydrogen-bond donors (Lipinski definition) is 2. The molecular weight excluding hydrogens is 400 g/mol. The van der Waals surface area contributed by atoms with Crippen LogP contribution in [0.15, 0.2) is 48.8 Å². The van der Waals surface area contributed by atoms with E-state index in [1.807, 2.05) is 43.4 Å². The summed E-state index contributed by atoms with van der Waals surface area (Å²) in [6, 6.07) is 12.3. The van der Waals surface area contributed by atoms with Gasteiger partial charge in [-0.1, -0.05) is 0 Å². The first-order valence-electron chi connectivity index (χ1n) is 11.0. The highest BCUT2D eigenvalue weighted by molar-refractivity contribution is 5.80. The van der Waals surface area contributed by atoms with E-state index < -0.39 is 0 Å². The lowest BCUT2D eigenvalue weighted by Gasteiger charge is -2.27. The van der Waals surface area contributed by atoms with Gasteiger partial charge < -0.3 is 15.2 Å². The third-order valence-electron chi connectivity index (χ3n) is 5.73. The highest BCUT2D eigenvalue weighted by Crippen LogP contribution is 2.22. The van der Waals surface area contributed by atoms with Gasteiger partial charge in [-0.15, -0.1) is 0 Å². The zero-order chi connectivity index (χ0) is 21.9. The highest BCUT2D eigenvalue weighted by atomic mass is 15.2. The van der Waals surface area contributed by atoms with Gasteiger partial charge in [0, 0.05) is 76.9 Å². The van der Waals surface area contributed by atoms with E-state index in [1.54, 1.807) is 6.20 Å². The maximum Gasteiger partial charge on any atom is 0.161 e. The number of nitrogens with one attached hydrogen (secondary N) is 2. The number of nitrogens with zero attached hydrogens (tertiary/aromatic N) is 6. The predicted octanol–water partition coefficient (Wildman–Crippen LogP) is 2.48. The summed E-state index contributed by atoms with van der Waals surface area (Å²) >= 11 is 0. The number of imidazole rings is 1. The maximum atomic E-state index is 4.77. The Labute approximate surface area is 187 Å². The molecule has 164 valence electrons. The van der Waals surface area contributed by atoms with Crippen LogP contribution in [0.25, 0.3) is 22.4 Å². The van der Waals surface area contributed by atoms with Crippen molar-refractivity contribution in [2.24, 2.45) is 0 Å². The maximum absolute atomic E-state index is 4.77. The molecule has 5 rings (SSSR count). The number of pyridine rings is 1. The Morgan fingerprint density at radius 2 is 1.81 bits per heavy atom. The lowest BCUT2D eigenvalue weighted by atomic mass is 10.1. The number of benzene rings is 1. The van der Waals surface area contributed by atoms with Crippen molar-refractivity contribution < 1.29 is 0 Å². The van der Waals surface area contributed by atoms with E-state index in [-0.39, 0.29) is 0 Å². The summed E-state index contributed by atoms with van der Waals surface area (Å²) in [4.78, 5) is 26.3. The number of H-pyrrole nitrogens is 1. The average molecular weight is 429 g/mol. The molecule has 1 aliphatic rings. The third kappa shape index (κ3) is 4.61. The Bertz CT molecular complexity index is 1210. The van der Waals surface area contributed by atoms with Gasteiger partial charge in [-0.05, 0) is 42.0 Å². The number of rotatable bonds is 6. The first-order valence-corrected chi connectivity index (χ1v) is 11.0. The van der Waals surface area contributed by atoms with E-state index in [0.29, 0.717) is 12.2 Å². The van der Waals surface area contributed by atoms with Gasteiger partial charge in [0.2, 0.25) is 0 Å². The Morgan fingerprint density at radius 3 is 2.66 bits per heavy atom. The number of hydrogen-bond acceptors (Lipinski definition) is 7. The number of aromatic amines is 1. The molecule has 3 aromatic heterocycles. The van der Waals surface area contributed by atoms with Crippen molar-refractivity contribution >= 4 is 16.9 Å². The van der Waals surface area contributed by atoms with Crippen LogP contribution < -0.4 is 10.2 Å². The van der Waals surface area contributed by atoms with E-state index in [2.05, 4.69) is 48.4 Å². The van der Waals surface area contributed by atoms with Crippen molar-refractivity contribution in [2.45, 2.75) is 13.0 Å². The van der Waals surface area contributed by atoms with E-state index in [9.17, 15) is 0 Å².